The standard InChI is InChI=1S/C20H23N7O7/c21-20-25-16-15(18(32)26-20)23-11(7-22-16)8-27(9-28)12-3-1-10(2-4-12)17(31)24-13(19(33)34)5-6-14(29)30/h1-4,9,11,13,23H,5-8H2,(H,24,31)(H,29,30)(H,33,34)(H4,21,22,25,26,32)/t11?,13-/m0/s1/i1+1,2+1,3+1,4+1,5+1,6+1,7+1,8+1,9+1,10+1,11+1,12+1,13+1,14+1,15+1,16+1,17+1,18+1,19+1,20+1. The maximum absolute atomic E-state index is 12.4. The van der Waals surface area contributed by atoms with Crippen LogP contribution in [0.3, 0.4) is 0 Å². The van der Waals surface area contributed by atoms with E-state index in [1.807, 2.05) is 0 Å². The van der Waals surface area contributed by atoms with E-state index in [0.29, 0.717) is 24.5 Å². The van der Waals surface area contributed by atoms with E-state index in [4.69, 9.17) is 10.8 Å². The minimum atomic E-state index is -1.35. The van der Waals surface area contributed by atoms with Crippen molar-refractivity contribution in [3.63, 3.8) is 0 Å². The van der Waals surface area contributed by atoms with Crippen LogP contribution in [0, 0.1) is 0 Å². The maximum Gasteiger partial charge on any atom is 0.326 e. The highest BCUT2D eigenvalue weighted by atomic mass is 16.5. The van der Waals surface area contributed by atoms with E-state index in [2.05, 4.69) is 25.9 Å². The number of nitrogens with zero attached hydrogens (tertiary/aromatic N) is 2. The fraction of sp³-hybridized carbons (Fsp3) is 0.300. The Bertz CT molecular complexity index is 1150. The van der Waals surface area contributed by atoms with Gasteiger partial charge in [0.25, 0.3) is 11.5 Å². The number of fused-ring (bicyclic) bond motifs is 1. The van der Waals surface area contributed by atoms with Crippen molar-refractivity contribution in [1.29, 1.82) is 0 Å². The third-order valence-electron chi connectivity index (χ3n) is 5.06. The molecule has 14 nitrogen and oxygen atoms in total. The van der Waals surface area contributed by atoms with Gasteiger partial charge in [-0.15, -0.1) is 0 Å². The number of benzene rings is 1. The number of anilines is 4. The van der Waals surface area contributed by atoms with Crippen molar-refractivity contribution in [2.45, 2.75) is 24.9 Å². The molecule has 1 aliphatic heterocycles. The number of aromatic nitrogens is 2. The number of nitrogen functional groups attached to an aromatic ring is 1. The molecule has 1 unspecified atom stereocenters. The van der Waals surface area contributed by atoms with Crippen molar-refractivity contribution >= 4 is 47.4 Å². The number of hydrogen-bond acceptors (Lipinski definition) is 9. The van der Waals surface area contributed by atoms with Crippen molar-refractivity contribution in [3.05, 3.63) is 40.2 Å². The van der Waals surface area contributed by atoms with Gasteiger partial charge in [0.05, 0.1) is 6.04 Å². The minimum absolute atomic E-state index is 0.0216. The number of hydrogen-bond donors (Lipinski definition) is 7. The lowest BCUT2D eigenvalue weighted by molar-refractivity contribution is -0.140. The average molecular weight is 493 g/mol. The molecule has 1 aromatic heterocycles. The zero-order valence-electron chi connectivity index (χ0n) is 17.8. The zero-order chi connectivity index (χ0) is 24.8. The summed E-state index contributed by atoms with van der Waals surface area (Å²) in [5, 5.41) is 26.2. The van der Waals surface area contributed by atoms with Gasteiger partial charge in [-0.3, -0.25) is 24.2 Å². The molecule has 0 aliphatic carbocycles. The van der Waals surface area contributed by atoms with Crippen LogP contribution in [0.15, 0.2) is 29.1 Å². The van der Waals surface area contributed by atoms with E-state index in [9.17, 15) is 29.1 Å². The molecule has 1 aliphatic rings. The first-order chi connectivity index (χ1) is 16.2. The lowest BCUT2D eigenvalue weighted by Crippen LogP contribution is -2.45. The largest absolute Gasteiger partial charge is 0.481 e. The topological polar surface area (TPSA) is 220 Å². The van der Waals surface area contributed by atoms with Crippen LogP contribution in [0.2, 0.25) is 0 Å². The van der Waals surface area contributed by atoms with E-state index in [0.717, 1.165) is 0 Å². The van der Waals surface area contributed by atoms with Crippen LogP contribution in [-0.2, 0) is 14.4 Å². The fourth-order valence-corrected chi connectivity index (χ4v) is 3.36. The summed E-state index contributed by atoms with van der Waals surface area (Å²) in [5.41, 5.74) is 5.89. The number of aromatic amines is 1. The first kappa shape index (κ1) is 24.0. The van der Waals surface area contributed by atoms with Crippen molar-refractivity contribution in [2.24, 2.45) is 0 Å². The molecular weight excluding hydrogens is 470 g/mol. The quantitative estimate of drug-likeness (QED) is 0.161. The van der Waals surface area contributed by atoms with Gasteiger partial charge >= 0.3 is 11.9 Å². The van der Waals surface area contributed by atoms with Gasteiger partial charge < -0.3 is 36.8 Å². The Morgan fingerprint density at radius 1 is 1.26 bits per heavy atom. The molecule has 0 saturated carbocycles. The smallest absolute Gasteiger partial charge is 0.326 e. The number of nitrogens with one attached hydrogen (secondary N) is 4. The van der Waals surface area contributed by atoms with Crippen LogP contribution >= 0.6 is 0 Å². The molecule has 8 N–H and O–H groups in total. The number of carbonyl (C=O) groups is 4. The number of carbonyl (C=O) groups excluding carboxylic acids is 2. The monoisotopic (exact) mass is 493 g/mol. The average Bonchev–Trinajstić information content (AvgIpc) is 2.80. The molecule has 2 heterocycles. The van der Waals surface area contributed by atoms with Crippen LogP contribution in [0.5, 0.6) is 0 Å². The van der Waals surface area contributed by atoms with Gasteiger partial charge in [-0.1, -0.05) is 0 Å². The van der Waals surface area contributed by atoms with Crippen LogP contribution in [0.1, 0.15) is 23.2 Å². The van der Waals surface area contributed by atoms with Crippen molar-refractivity contribution in [3.8, 4) is 0 Å². The summed E-state index contributed by atoms with van der Waals surface area (Å²) < 4.78 is 0. The number of aliphatic carboxylic acids is 2. The zero-order valence-corrected chi connectivity index (χ0v) is 17.8. The first-order valence-electron chi connectivity index (χ1n) is 10.2. The van der Waals surface area contributed by atoms with E-state index < -0.39 is 35.9 Å². The Kier molecular flexibility index (Phi) is 7.30. The summed E-state index contributed by atoms with van der Waals surface area (Å²) in [5.74, 6) is -2.91. The summed E-state index contributed by atoms with van der Waals surface area (Å²) in [6.07, 6.45) is -0.0671. The molecule has 34 heavy (non-hydrogen) atoms. The predicted molar refractivity (Wildman–Crippen MR) is 121 cm³/mol. The fourth-order valence-electron chi connectivity index (χ4n) is 3.36. The van der Waals surface area contributed by atoms with Gasteiger partial charge in [-0.2, -0.15) is 4.98 Å². The molecule has 2 atom stereocenters. The highest BCUT2D eigenvalue weighted by Gasteiger charge is 2.24. The normalized spacial score (nSPS) is 15.1. The summed E-state index contributed by atoms with van der Waals surface area (Å²) >= 11 is 0. The van der Waals surface area contributed by atoms with E-state index >= 15 is 0 Å². The minimum Gasteiger partial charge on any atom is -0.481 e. The predicted octanol–water partition coefficient (Wildman–Crippen LogP) is -0.731. The summed E-state index contributed by atoms with van der Waals surface area (Å²) in [6, 6.07) is 4.16. The second kappa shape index (κ2) is 10.3. The van der Waals surface area contributed by atoms with Crippen LogP contribution in [0.4, 0.5) is 23.1 Å². The van der Waals surface area contributed by atoms with Gasteiger partial charge in [-0.25, -0.2) is 4.79 Å². The van der Waals surface area contributed by atoms with Gasteiger partial charge in [0, 0.05) is 30.8 Å². The molecule has 0 radical (unpaired) electrons. The molecule has 2 aromatic rings. The molecular formula is C20H23N7O7. The lowest BCUT2D eigenvalue weighted by atomic mass is 11.0. The maximum atomic E-state index is 12.4. The Balaban J connectivity index is 1.65. The highest BCUT2D eigenvalue weighted by Crippen LogP contribution is 2.21. The van der Waals surface area contributed by atoms with Crippen molar-refractivity contribution in [2.75, 3.05) is 34.4 Å². The van der Waals surface area contributed by atoms with E-state index in [1.165, 1.54) is 29.2 Å². The molecule has 0 saturated heterocycles. The van der Waals surface area contributed by atoms with Gasteiger partial charge in [0.2, 0.25) is 12.4 Å². The molecule has 14 heteroatoms. The van der Waals surface area contributed by atoms with Crippen LogP contribution in [0.25, 0.3) is 0 Å². The number of H-pyrrole nitrogens is 1. The van der Waals surface area contributed by atoms with E-state index in [-0.39, 0.29) is 36.2 Å². The second-order valence-corrected chi connectivity index (χ2v) is 7.50. The highest BCUT2D eigenvalue weighted by molar-refractivity contribution is 5.97. The number of amides is 2. The Morgan fingerprint density at radius 2 is 1.97 bits per heavy atom. The molecule has 2 amide bonds. The van der Waals surface area contributed by atoms with Gasteiger partial charge in [0.1, 0.15) is 11.7 Å². The summed E-state index contributed by atoms with van der Waals surface area (Å²) in [6.45, 7) is 0.544. The van der Waals surface area contributed by atoms with Crippen LogP contribution < -0.4 is 32.1 Å². The third kappa shape index (κ3) is 5.79. The number of carboxylic acid groups (broad SMARTS) is 2. The Labute approximate surface area is 192 Å². The molecule has 3 rings (SSSR count). The van der Waals surface area contributed by atoms with Crippen molar-refractivity contribution < 1.29 is 29.4 Å². The molecule has 0 spiro atoms. The van der Waals surface area contributed by atoms with Gasteiger partial charge in [-0.05, 0) is 30.7 Å². The summed E-state index contributed by atoms with van der Waals surface area (Å²) in [7, 11) is 0. The molecule has 0 fully saturated rings. The van der Waals surface area contributed by atoms with Gasteiger partial charge in [0.15, 0.2) is 5.82 Å². The number of carboxylic acids is 2. The third-order valence-corrected chi connectivity index (χ3v) is 5.06. The molecule has 1 aromatic carbocycles. The van der Waals surface area contributed by atoms with E-state index in [1.54, 1.807) is 0 Å². The summed E-state index contributed by atoms with van der Waals surface area (Å²) in [4.78, 5) is 65.9. The van der Waals surface area contributed by atoms with Crippen molar-refractivity contribution in [1.82, 2.24) is 15.3 Å². The number of nitrogens with two attached hydrogens (primary N) is 1. The second-order valence-electron chi connectivity index (χ2n) is 7.50. The molecule has 180 valence electrons. The van der Waals surface area contributed by atoms with Crippen LogP contribution in [-0.4, -0.2) is 69.6 Å². The molecule has 0 bridgehead atoms. The Morgan fingerprint density at radius 3 is 2.59 bits per heavy atom. The number of rotatable bonds is 10. The Hall–Kier alpha value is -4.62. The first-order valence-corrected chi connectivity index (χ1v) is 10.2. The SMILES string of the molecule is N[13c]1n[13c]2[13c]([13c](=O)[nH]1)N[13CH]([13CH2]N([13CH]=O)[13c]1[13cH][13cH][13c]([13C](=O)N[13C@@H]([13CH2][13CH2][13C](=O)O)[13C](=O)O)[13cH][13cH]1)[13CH2]N2. The lowest BCUT2D eigenvalue weighted by Gasteiger charge is -2.30.